The summed E-state index contributed by atoms with van der Waals surface area (Å²) in [6, 6.07) is 16.7. The van der Waals surface area contributed by atoms with Gasteiger partial charge in [-0.1, -0.05) is 30.3 Å². The van der Waals surface area contributed by atoms with Gasteiger partial charge in [-0.3, -0.25) is 4.99 Å². The summed E-state index contributed by atoms with van der Waals surface area (Å²) in [7, 11) is 3.69. The number of halogens is 2. The van der Waals surface area contributed by atoms with Crippen LogP contribution in [-0.4, -0.2) is 41.3 Å². The van der Waals surface area contributed by atoms with Gasteiger partial charge in [0.1, 0.15) is 5.82 Å². The monoisotopic (exact) mass is 493 g/mol. The van der Waals surface area contributed by atoms with Gasteiger partial charge in [0.25, 0.3) is 0 Å². The fourth-order valence-electron chi connectivity index (χ4n) is 2.90. The molecule has 0 radical (unpaired) electrons. The molecule has 0 spiro atoms. The molecule has 28 heavy (non-hydrogen) atoms. The first-order valence-electron chi connectivity index (χ1n) is 8.91. The zero-order valence-corrected chi connectivity index (χ0v) is 18.4. The van der Waals surface area contributed by atoms with Crippen molar-refractivity contribution in [3.05, 3.63) is 83.9 Å². The van der Waals surface area contributed by atoms with E-state index in [4.69, 9.17) is 0 Å². The number of rotatable bonds is 6. The maximum Gasteiger partial charge on any atom is 0.193 e. The highest BCUT2D eigenvalue weighted by molar-refractivity contribution is 14.0. The van der Waals surface area contributed by atoms with Crippen LogP contribution in [0.2, 0.25) is 0 Å². The molecule has 0 saturated carbocycles. The van der Waals surface area contributed by atoms with Crippen molar-refractivity contribution in [2.45, 2.75) is 13.0 Å². The Bertz CT molecular complexity index is 895. The Kier molecular flexibility index (Phi) is 8.43. The molecule has 0 aliphatic rings. The Morgan fingerprint density at radius 2 is 1.93 bits per heavy atom. The molecule has 3 rings (SSSR count). The summed E-state index contributed by atoms with van der Waals surface area (Å²) in [6.07, 6.45) is 4.75. The van der Waals surface area contributed by atoms with E-state index < -0.39 is 0 Å². The van der Waals surface area contributed by atoms with Crippen LogP contribution in [0.1, 0.15) is 11.1 Å². The first kappa shape index (κ1) is 21.9. The van der Waals surface area contributed by atoms with Gasteiger partial charge in [0.2, 0.25) is 0 Å². The summed E-state index contributed by atoms with van der Waals surface area (Å²) in [5.41, 5.74) is 3.10. The van der Waals surface area contributed by atoms with E-state index in [1.807, 2.05) is 65.4 Å². The van der Waals surface area contributed by atoms with Crippen molar-refractivity contribution in [3.63, 3.8) is 0 Å². The third-order valence-electron chi connectivity index (χ3n) is 4.24. The minimum atomic E-state index is -0.223. The number of aliphatic imine (C=N–C) groups is 1. The van der Waals surface area contributed by atoms with Crippen LogP contribution in [0.5, 0.6) is 0 Å². The summed E-state index contributed by atoms with van der Waals surface area (Å²) in [6.45, 7) is 1.32. The zero-order chi connectivity index (χ0) is 19.1. The molecule has 0 fully saturated rings. The van der Waals surface area contributed by atoms with E-state index >= 15 is 0 Å². The molecule has 2 aromatic carbocycles. The Hall–Kier alpha value is -2.42. The van der Waals surface area contributed by atoms with Gasteiger partial charge in [-0.15, -0.1) is 24.0 Å². The summed E-state index contributed by atoms with van der Waals surface area (Å²) in [5, 5.41) is 7.76. The van der Waals surface area contributed by atoms with Gasteiger partial charge < -0.3 is 10.2 Å². The number of nitrogens with one attached hydrogen (secondary N) is 1. The molecule has 0 atom stereocenters. The first-order valence-corrected chi connectivity index (χ1v) is 8.91. The number of aromatic nitrogens is 2. The lowest BCUT2D eigenvalue weighted by Crippen LogP contribution is -2.39. The highest BCUT2D eigenvalue weighted by Crippen LogP contribution is 2.08. The molecule has 1 heterocycles. The fourth-order valence-corrected chi connectivity index (χ4v) is 2.90. The molecule has 148 valence electrons. The smallest absolute Gasteiger partial charge is 0.193 e. The molecule has 7 heteroatoms. The maximum atomic E-state index is 13.3. The van der Waals surface area contributed by atoms with Gasteiger partial charge >= 0.3 is 0 Å². The SMILES string of the molecule is CN=C(NCCc1cnn(-c2ccccc2)c1)N(C)Cc1cccc(F)c1.I. The van der Waals surface area contributed by atoms with E-state index in [-0.39, 0.29) is 29.8 Å². The molecule has 0 aliphatic heterocycles. The average molecular weight is 493 g/mol. The van der Waals surface area contributed by atoms with Gasteiger partial charge in [-0.2, -0.15) is 5.10 Å². The Morgan fingerprint density at radius 3 is 2.64 bits per heavy atom. The standard InChI is InChI=1S/C21H24FN5.HI/c1-23-21(26(2)15-17-7-6-8-19(22)13-17)24-12-11-18-14-25-27(16-18)20-9-4-3-5-10-20;/h3-10,13-14,16H,11-12,15H2,1-2H3,(H,23,24);1H. The van der Waals surface area contributed by atoms with E-state index in [1.165, 1.54) is 6.07 Å². The molecular formula is C21H25FIN5. The Balaban J connectivity index is 0.00000280. The van der Waals surface area contributed by atoms with Crippen molar-refractivity contribution in [2.75, 3.05) is 20.6 Å². The number of hydrogen-bond acceptors (Lipinski definition) is 2. The number of para-hydroxylation sites is 1. The van der Waals surface area contributed by atoms with Gasteiger partial charge in [0.15, 0.2) is 5.96 Å². The summed E-state index contributed by atoms with van der Waals surface area (Å²) < 4.78 is 15.2. The van der Waals surface area contributed by atoms with Gasteiger partial charge in [-0.05, 0) is 41.8 Å². The van der Waals surface area contributed by atoms with Crippen LogP contribution < -0.4 is 5.32 Å². The van der Waals surface area contributed by atoms with Crippen LogP contribution >= 0.6 is 24.0 Å². The normalized spacial score (nSPS) is 11.0. The average Bonchev–Trinajstić information content (AvgIpc) is 3.15. The molecule has 0 bridgehead atoms. The number of benzene rings is 2. The zero-order valence-electron chi connectivity index (χ0n) is 16.0. The van der Waals surface area contributed by atoms with Crippen LogP contribution in [0.4, 0.5) is 4.39 Å². The minimum absolute atomic E-state index is 0. The van der Waals surface area contributed by atoms with Gasteiger partial charge in [0.05, 0.1) is 11.9 Å². The Labute approximate surface area is 182 Å². The van der Waals surface area contributed by atoms with Crippen molar-refractivity contribution >= 4 is 29.9 Å². The minimum Gasteiger partial charge on any atom is -0.356 e. The van der Waals surface area contributed by atoms with Crippen LogP contribution in [0.25, 0.3) is 5.69 Å². The number of hydrogen-bond donors (Lipinski definition) is 1. The predicted octanol–water partition coefficient (Wildman–Crippen LogP) is 3.88. The quantitative estimate of drug-likeness (QED) is 0.322. The molecule has 1 aromatic heterocycles. The third kappa shape index (κ3) is 6.05. The molecule has 3 aromatic rings. The second-order valence-corrected chi connectivity index (χ2v) is 6.34. The molecule has 0 saturated heterocycles. The van der Waals surface area contributed by atoms with Crippen LogP contribution in [-0.2, 0) is 13.0 Å². The molecule has 5 nitrogen and oxygen atoms in total. The first-order chi connectivity index (χ1) is 13.2. The van der Waals surface area contributed by atoms with E-state index in [1.54, 1.807) is 19.2 Å². The molecule has 0 amide bonds. The lowest BCUT2D eigenvalue weighted by Gasteiger charge is -2.22. The number of nitrogens with zero attached hydrogens (tertiary/aromatic N) is 4. The highest BCUT2D eigenvalue weighted by Gasteiger charge is 2.07. The summed E-state index contributed by atoms with van der Waals surface area (Å²) >= 11 is 0. The number of guanidine groups is 1. The molecule has 1 N–H and O–H groups in total. The van der Waals surface area contributed by atoms with Crippen molar-refractivity contribution in [1.29, 1.82) is 0 Å². The van der Waals surface area contributed by atoms with Crippen molar-refractivity contribution in [3.8, 4) is 5.69 Å². The van der Waals surface area contributed by atoms with Crippen LogP contribution in [0.15, 0.2) is 72.0 Å². The van der Waals surface area contributed by atoms with Crippen LogP contribution in [0, 0.1) is 5.82 Å². The highest BCUT2D eigenvalue weighted by atomic mass is 127. The van der Waals surface area contributed by atoms with E-state index in [9.17, 15) is 4.39 Å². The Morgan fingerprint density at radius 1 is 1.14 bits per heavy atom. The lowest BCUT2D eigenvalue weighted by molar-refractivity contribution is 0.475. The topological polar surface area (TPSA) is 45.5 Å². The van der Waals surface area contributed by atoms with Crippen LogP contribution in [0.3, 0.4) is 0 Å². The fraction of sp³-hybridized carbons (Fsp3) is 0.238. The van der Waals surface area contributed by atoms with Gasteiger partial charge in [-0.25, -0.2) is 9.07 Å². The lowest BCUT2D eigenvalue weighted by atomic mass is 10.2. The molecule has 0 aliphatic carbocycles. The summed E-state index contributed by atoms with van der Waals surface area (Å²) in [4.78, 5) is 6.28. The van der Waals surface area contributed by atoms with Crippen molar-refractivity contribution in [1.82, 2.24) is 20.0 Å². The third-order valence-corrected chi connectivity index (χ3v) is 4.24. The van der Waals surface area contributed by atoms with E-state index in [0.29, 0.717) is 6.54 Å². The van der Waals surface area contributed by atoms with Crippen molar-refractivity contribution in [2.24, 2.45) is 4.99 Å². The second kappa shape index (κ2) is 10.8. The molecule has 0 unspecified atom stereocenters. The van der Waals surface area contributed by atoms with Gasteiger partial charge in [0, 0.05) is 33.4 Å². The second-order valence-electron chi connectivity index (χ2n) is 6.34. The van der Waals surface area contributed by atoms with Crippen molar-refractivity contribution < 1.29 is 4.39 Å². The maximum absolute atomic E-state index is 13.3. The van der Waals surface area contributed by atoms with E-state index in [2.05, 4.69) is 15.4 Å². The predicted molar refractivity (Wildman–Crippen MR) is 122 cm³/mol. The largest absolute Gasteiger partial charge is 0.356 e. The van der Waals surface area contributed by atoms with E-state index in [0.717, 1.165) is 35.7 Å². The summed E-state index contributed by atoms with van der Waals surface area (Å²) in [5.74, 6) is 0.550. The molecular weight excluding hydrogens is 468 g/mol.